The second-order valence-corrected chi connectivity index (χ2v) is 4.49. The highest BCUT2D eigenvalue weighted by Gasteiger charge is 2.09. The van der Waals surface area contributed by atoms with Crippen molar-refractivity contribution in [3.63, 3.8) is 0 Å². The number of aromatic amines is 1. The molecule has 0 amide bonds. The second-order valence-electron chi connectivity index (χ2n) is 3.64. The predicted molar refractivity (Wildman–Crippen MR) is 65.2 cm³/mol. The monoisotopic (exact) mass is 276 g/mol. The number of fused-ring (bicyclic) bond motifs is 1. The van der Waals surface area contributed by atoms with E-state index in [0.717, 1.165) is 27.2 Å². The highest BCUT2D eigenvalue weighted by atomic mass is 79.9. The first kappa shape index (κ1) is 9.59. The van der Waals surface area contributed by atoms with Gasteiger partial charge >= 0.3 is 0 Å². The first-order valence-electron chi connectivity index (χ1n) is 4.90. The van der Waals surface area contributed by atoms with Gasteiger partial charge in [0.2, 0.25) is 0 Å². The molecule has 16 heavy (non-hydrogen) atoms. The lowest BCUT2D eigenvalue weighted by Gasteiger charge is -2.01. The van der Waals surface area contributed by atoms with Gasteiger partial charge in [-0.05, 0) is 46.6 Å². The molecule has 0 fully saturated rings. The Hall–Kier alpha value is -1.62. The Morgan fingerprint density at radius 3 is 3.00 bits per heavy atom. The largest absolute Gasteiger partial charge is 0.359 e. The van der Waals surface area contributed by atoms with E-state index in [9.17, 15) is 0 Å². The average molecular weight is 277 g/mol. The molecule has 0 radical (unpaired) electrons. The van der Waals surface area contributed by atoms with Gasteiger partial charge in [-0.1, -0.05) is 0 Å². The van der Waals surface area contributed by atoms with Crippen molar-refractivity contribution >= 4 is 21.6 Å². The lowest BCUT2D eigenvalue weighted by molar-refractivity contribution is 1.09. The number of halogens is 1. The Kier molecular flexibility index (Phi) is 2.07. The molecule has 0 saturated carbocycles. The fraction of sp³-hybridized carbons (Fsp3) is 0.0909. The lowest BCUT2D eigenvalue weighted by Crippen LogP contribution is -1.91. The van der Waals surface area contributed by atoms with Crippen molar-refractivity contribution in [3.05, 3.63) is 40.6 Å². The van der Waals surface area contributed by atoms with Gasteiger partial charge in [-0.15, -0.1) is 10.2 Å². The summed E-state index contributed by atoms with van der Waals surface area (Å²) in [6.07, 6.45) is 3.86. The van der Waals surface area contributed by atoms with Crippen molar-refractivity contribution in [3.8, 4) is 11.5 Å². The molecule has 5 heteroatoms. The number of pyridine rings is 1. The summed E-state index contributed by atoms with van der Waals surface area (Å²) in [4.78, 5) is 3.13. The van der Waals surface area contributed by atoms with Crippen LogP contribution >= 0.6 is 15.9 Å². The molecule has 0 aliphatic heterocycles. The molecule has 0 aromatic carbocycles. The van der Waals surface area contributed by atoms with E-state index in [2.05, 4.69) is 31.1 Å². The zero-order valence-electron chi connectivity index (χ0n) is 8.61. The number of aryl methyl sites for hydroxylation is 1. The van der Waals surface area contributed by atoms with Crippen LogP contribution in [-0.2, 0) is 0 Å². The van der Waals surface area contributed by atoms with Gasteiger partial charge in [0.25, 0.3) is 0 Å². The zero-order chi connectivity index (χ0) is 11.1. The number of nitrogens with one attached hydrogen (secondary N) is 1. The van der Waals surface area contributed by atoms with Gasteiger partial charge in [-0.2, -0.15) is 0 Å². The van der Waals surface area contributed by atoms with E-state index in [4.69, 9.17) is 0 Å². The first-order valence-corrected chi connectivity index (χ1v) is 5.69. The molecule has 3 heterocycles. The molecule has 3 aromatic rings. The number of hydrogen-bond donors (Lipinski definition) is 1. The van der Waals surface area contributed by atoms with Crippen LogP contribution < -0.4 is 0 Å². The predicted octanol–water partition coefficient (Wildman–Crippen LogP) is 2.80. The Labute approximate surface area is 100 Å². The quantitative estimate of drug-likeness (QED) is 0.743. The van der Waals surface area contributed by atoms with Crippen LogP contribution in [0.25, 0.3) is 17.2 Å². The number of hydrogen-bond acceptors (Lipinski definition) is 2. The van der Waals surface area contributed by atoms with Crippen molar-refractivity contribution in [2.45, 2.75) is 6.92 Å². The molecule has 0 unspecified atom stereocenters. The van der Waals surface area contributed by atoms with Crippen LogP contribution in [0.1, 0.15) is 5.56 Å². The van der Waals surface area contributed by atoms with Crippen LogP contribution in [0.15, 0.2) is 35.1 Å². The number of aromatic nitrogens is 4. The van der Waals surface area contributed by atoms with Gasteiger partial charge in [0.05, 0.1) is 5.69 Å². The fourth-order valence-electron chi connectivity index (χ4n) is 1.66. The average Bonchev–Trinajstić information content (AvgIpc) is 2.87. The first-order chi connectivity index (χ1) is 7.75. The van der Waals surface area contributed by atoms with E-state index in [0.29, 0.717) is 0 Å². The van der Waals surface area contributed by atoms with Crippen molar-refractivity contribution in [2.75, 3.05) is 0 Å². The van der Waals surface area contributed by atoms with Crippen LogP contribution in [-0.4, -0.2) is 19.6 Å². The Morgan fingerprint density at radius 2 is 2.25 bits per heavy atom. The lowest BCUT2D eigenvalue weighted by atomic mass is 10.3. The third-order valence-electron chi connectivity index (χ3n) is 2.53. The molecule has 0 aliphatic carbocycles. The third-order valence-corrected chi connectivity index (χ3v) is 3.36. The molecule has 0 bridgehead atoms. The maximum atomic E-state index is 4.18. The highest BCUT2D eigenvalue weighted by Crippen LogP contribution is 2.21. The molecule has 1 N–H and O–H groups in total. The summed E-state index contributed by atoms with van der Waals surface area (Å²) >= 11 is 3.51. The van der Waals surface area contributed by atoms with E-state index in [1.807, 2.05) is 41.9 Å². The molecule has 0 spiro atoms. The Morgan fingerprint density at radius 1 is 1.38 bits per heavy atom. The number of nitrogens with zero attached hydrogens (tertiary/aromatic N) is 3. The SMILES string of the molecule is Cc1cc2nnc(-c3ccc[nH]3)n2cc1Br. The minimum atomic E-state index is 0.820. The molecular formula is C11H9BrN4. The van der Waals surface area contributed by atoms with Crippen molar-refractivity contribution < 1.29 is 0 Å². The summed E-state index contributed by atoms with van der Waals surface area (Å²) in [6.45, 7) is 2.03. The fourth-order valence-corrected chi connectivity index (χ4v) is 1.98. The summed E-state index contributed by atoms with van der Waals surface area (Å²) in [5.41, 5.74) is 2.96. The van der Waals surface area contributed by atoms with Gasteiger partial charge in [-0.3, -0.25) is 4.40 Å². The van der Waals surface area contributed by atoms with Gasteiger partial charge in [0, 0.05) is 16.9 Å². The zero-order valence-corrected chi connectivity index (χ0v) is 10.2. The van der Waals surface area contributed by atoms with Gasteiger partial charge in [-0.25, -0.2) is 0 Å². The van der Waals surface area contributed by atoms with Crippen molar-refractivity contribution in [2.24, 2.45) is 0 Å². The van der Waals surface area contributed by atoms with Crippen LogP contribution in [0.5, 0.6) is 0 Å². The topological polar surface area (TPSA) is 46.0 Å². The van der Waals surface area contributed by atoms with Crippen LogP contribution in [0.2, 0.25) is 0 Å². The van der Waals surface area contributed by atoms with E-state index >= 15 is 0 Å². The normalized spacial score (nSPS) is 11.1. The molecule has 3 rings (SSSR count). The van der Waals surface area contributed by atoms with E-state index < -0.39 is 0 Å². The molecule has 0 atom stereocenters. The molecule has 0 aliphatic rings. The van der Waals surface area contributed by atoms with Crippen molar-refractivity contribution in [1.29, 1.82) is 0 Å². The minimum Gasteiger partial charge on any atom is -0.359 e. The Bertz CT molecular complexity index is 639. The Balaban J connectivity index is 2.32. The van der Waals surface area contributed by atoms with E-state index in [-0.39, 0.29) is 0 Å². The van der Waals surface area contributed by atoms with Gasteiger partial charge < -0.3 is 4.98 Å². The van der Waals surface area contributed by atoms with Crippen molar-refractivity contribution in [1.82, 2.24) is 19.6 Å². The highest BCUT2D eigenvalue weighted by molar-refractivity contribution is 9.10. The summed E-state index contributed by atoms with van der Waals surface area (Å²) in [7, 11) is 0. The molecule has 4 nitrogen and oxygen atoms in total. The minimum absolute atomic E-state index is 0.820. The number of H-pyrrole nitrogens is 1. The van der Waals surface area contributed by atoms with Crippen LogP contribution in [0, 0.1) is 6.92 Å². The van der Waals surface area contributed by atoms with E-state index in [1.54, 1.807) is 0 Å². The summed E-state index contributed by atoms with van der Waals surface area (Å²) < 4.78 is 3.01. The molecular weight excluding hydrogens is 268 g/mol. The standard InChI is InChI=1S/C11H9BrN4/c1-7-5-10-14-15-11(9-3-2-4-13-9)16(10)6-8(7)12/h2-6,13H,1H3. The number of rotatable bonds is 1. The summed E-state index contributed by atoms with van der Waals surface area (Å²) in [5.74, 6) is 0.820. The maximum absolute atomic E-state index is 4.18. The molecule has 0 saturated heterocycles. The van der Waals surface area contributed by atoms with Gasteiger partial charge in [0.1, 0.15) is 0 Å². The molecule has 80 valence electrons. The van der Waals surface area contributed by atoms with E-state index in [1.165, 1.54) is 0 Å². The smallest absolute Gasteiger partial charge is 0.184 e. The second kappa shape index (κ2) is 3.45. The third kappa shape index (κ3) is 1.36. The molecule has 3 aromatic heterocycles. The van der Waals surface area contributed by atoms with Gasteiger partial charge in [0.15, 0.2) is 11.5 Å². The summed E-state index contributed by atoms with van der Waals surface area (Å²) in [5, 5.41) is 8.33. The van der Waals surface area contributed by atoms with Crippen LogP contribution in [0.3, 0.4) is 0 Å². The van der Waals surface area contributed by atoms with Crippen LogP contribution in [0.4, 0.5) is 0 Å². The maximum Gasteiger partial charge on any atom is 0.184 e. The summed E-state index contributed by atoms with van der Waals surface area (Å²) in [6, 6.07) is 5.92.